The van der Waals surface area contributed by atoms with Crippen molar-refractivity contribution in [3.05, 3.63) is 102 Å². The first-order valence-corrected chi connectivity index (χ1v) is 15.2. The minimum absolute atomic E-state index is 0.176. The van der Waals surface area contributed by atoms with Crippen LogP contribution in [0, 0.1) is 0 Å². The second-order valence-corrected chi connectivity index (χ2v) is 12.1. The Balaban J connectivity index is 1.29. The van der Waals surface area contributed by atoms with E-state index in [0.717, 1.165) is 85.4 Å². The number of hydrogen-bond acceptors (Lipinski definition) is 6. The summed E-state index contributed by atoms with van der Waals surface area (Å²) in [6, 6.07) is 25.3. The van der Waals surface area contributed by atoms with Gasteiger partial charge in [0.15, 0.2) is 12.6 Å². The number of ether oxygens (including phenoxy) is 4. The zero-order valence-electron chi connectivity index (χ0n) is 25.0. The van der Waals surface area contributed by atoms with Gasteiger partial charge in [-0.3, -0.25) is 0 Å². The van der Waals surface area contributed by atoms with Crippen molar-refractivity contribution < 1.29 is 28.3 Å². The van der Waals surface area contributed by atoms with Gasteiger partial charge in [0.05, 0.1) is 19.0 Å². The van der Waals surface area contributed by atoms with Crippen LogP contribution in [0.4, 0.5) is 0 Å². The fourth-order valence-electron chi connectivity index (χ4n) is 5.88. The van der Waals surface area contributed by atoms with Crippen LogP contribution in [0.5, 0.6) is 11.5 Å². The summed E-state index contributed by atoms with van der Waals surface area (Å²) in [5.74, 6) is 2.28. The van der Waals surface area contributed by atoms with E-state index in [1.807, 2.05) is 38.1 Å². The maximum absolute atomic E-state index is 6.13. The number of rotatable bonds is 8. The van der Waals surface area contributed by atoms with Crippen LogP contribution in [0.25, 0.3) is 0 Å². The van der Waals surface area contributed by atoms with Gasteiger partial charge in [-0.05, 0) is 92.9 Å². The SMILES string of the molecule is C=C1OB(c2ccc(C(C)(c3ccc(OC4CCCCO4)cc3)c3ccc(OC4CCCCO4)cc3)cc2)OC1(C)C. The van der Waals surface area contributed by atoms with Crippen molar-refractivity contribution in [2.75, 3.05) is 13.2 Å². The third-order valence-corrected chi connectivity index (χ3v) is 8.76. The molecule has 3 heterocycles. The molecule has 6 rings (SSSR count). The lowest BCUT2D eigenvalue weighted by molar-refractivity contribution is -0.106. The molecule has 3 aromatic carbocycles. The highest BCUT2D eigenvalue weighted by molar-refractivity contribution is 6.62. The molecule has 6 nitrogen and oxygen atoms in total. The monoisotopic (exact) mass is 568 g/mol. The highest BCUT2D eigenvalue weighted by Gasteiger charge is 2.43. The molecule has 0 saturated carbocycles. The fraction of sp³-hybridized carbons (Fsp3) is 0.429. The van der Waals surface area contributed by atoms with E-state index in [2.05, 4.69) is 62.0 Å². The Hall–Kier alpha value is -3.26. The predicted molar refractivity (Wildman–Crippen MR) is 164 cm³/mol. The minimum atomic E-state index is -0.517. The summed E-state index contributed by atoms with van der Waals surface area (Å²) in [7, 11) is -0.468. The van der Waals surface area contributed by atoms with Crippen LogP contribution in [-0.4, -0.2) is 38.5 Å². The molecule has 3 aromatic rings. The molecule has 0 amide bonds. The first kappa shape index (κ1) is 28.8. The van der Waals surface area contributed by atoms with Crippen LogP contribution >= 0.6 is 0 Å². The van der Waals surface area contributed by atoms with Crippen molar-refractivity contribution in [1.29, 1.82) is 0 Å². The van der Waals surface area contributed by atoms with Gasteiger partial charge in [0.1, 0.15) is 17.1 Å². The van der Waals surface area contributed by atoms with E-state index in [-0.39, 0.29) is 12.6 Å². The summed E-state index contributed by atoms with van der Waals surface area (Å²) in [4.78, 5) is 0. The summed E-state index contributed by atoms with van der Waals surface area (Å²) in [5, 5.41) is 0. The largest absolute Gasteiger partial charge is 0.563 e. The molecule has 0 N–H and O–H groups in total. The van der Waals surface area contributed by atoms with Crippen molar-refractivity contribution in [2.24, 2.45) is 0 Å². The smallest absolute Gasteiger partial charge is 0.534 e. The van der Waals surface area contributed by atoms with Gasteiger partial charge in [0, 0.05) is 18.3 Å². The lowest BCUT2D eigenvalue weighted by atomic mass is 9.69. The molecule has 2 atom stereocenters. The Labute approximate surface area is 250 Å². The van der Waals surface area contributed by atoms with Crippen molar-refractivity contribution in [3.63, 3.8) is 0 Å². The topological polar surface area (TPSA) is 55.4 Å². The molecule has 0 aromatic heterocycles. The third-order valence-electron chi connectivity index (χ3n) is 8.76. The molecule has 42 heavy (non-hydrogen) atoms. The summed E-state index contributed by atoms with van der Waals surface area (Å²) >= 11 is 0. The maximum atomic E-state index is 6.13. The van der Waals surface area contributed by atoms with Crippen LogP contribution in [0.1, 0.15) is 76.0 Å². The van der Waals surface area contributed by atoms with Crippen molar-refractivity contribution in [1.82, 2.24) is 0 Å². The van der Waals surface area contributed by atoms with Gasteiger partial charge in [-0.2, -0.15) is 0 Å². The van der Waals surface area contributed by atoms with Crippen LogP contribution in [0.3, 0.4) is 0 Å². The molecule has 0 radical (unpaired) electrons. The molecule has 3 fully saturated rings. The summed E-state index contributed by atoms with van der Waals surface area (Å²) in [5.41, 5.74) is 3.45. The van der Waals surface area contributed by atoms with Crippen LogP contribution in [-0.2, 0) is 24.2 Å². The van der Waals surface area contributed by atoms with Gasteiger partial charge in [0.25, 0.3) is 0 Å². The van der Waals surface area contributed by atoms with E-state index in [0.29, 0.717) is 5.76 Å². The maximum Gasteiger partial charge on any atom is 0.563 e. The average Bonchev–Trinajstić information content (AvgIpc) is 3.30. The normalized spacial score (nSPS) is 23.6. The lowest BCUT2D eigenvalue weighted by Crippen LogP contribution is -2.35. The van der Waals surface area contributed by atoms with Gasteiger partial charge in [0.2, 0.25) is 0 Å². The highest BCUT2D eigenvalue weighted by Crippen LogP contribution is 2.40. The van der Waals surface area contributed by atoms with Gasteiger partial charge < -0.3 is 28.3 Å². The Morgan fingerprint density at radius 3 is 1.55 bits per heavy atom. The van der Waals surface area contributed by atoms with Crippen LogP contribution in [0.15, 0.2) is 85.1 Å². The standard InChI is InChI=1S/C35H41BO6/c1-25-34(2,3)42-36(41-25)29-17-11-26(12-18-29)35(4,27-13-19-30(20-14-27)39-32-9-5-7-23-37-32)28-15-21-31(22-16-28)40-33-10-6-8-24-38-33/h11-22,32-33H,1,5-10,23-24H2,2-4H3. The summed E-state index contributed by atoms with van der Waals surface area (Å²) in [6.07, 6.45) is 5.95. The fourth-order valence-corrected chi connectivity index (χ4v) is 5.88. The molecule has 0 aliphatic carbocycles. The first-order chi connectivity index (χ1) is 20.3. The minimum Gasteiger partial charge on any atom is -0.534 e. The van der Waals surface area contributed by atoms with E-state index >= 15 is 0 Å². The molecule has 7 heteroatoms. The van der Waals surface area contributed by atoms with E-state index in [4.69, 9.17) is 28.3 Å². The molecule has 3 aliphatic rings. The van der Waals surface area contributed by atoms with E-state index in [1.54, 1.807) is 0 Å². The zero-order chi connectivity index (χ0) is 29.2. The molecule has 0 spiro atoms. The quantitative estimate of drug-likeness (QED) is 0.218. The summed E-state index contributed by atoms with van der Waals surface area (Å²) in [6.45, 7) is 11.7. The average molecular weight is 569 g/mol. The molecular formula is C35H41BO6. The third kappa shape index (κ3) is 6.10. The van der Waals surface area contributed by atoms with Crippen LogP contribution < -0.4 is 14.9 Å². The summed E-state index contributed by atoms with van der Waals surface area (Å²) < 4.78 is 35.9. The predicted octanol–water partition coefficient (Wildman–Crippen LogP) is 6.89. The van der Waals surface area contributed by atoms with Gasteiger partial charge in [-0.25, -0.2) is 0 Å². The zero-order valence-corrected chi connectivity index (χ0v) is 25.0. The first-order valence-electron chi connectivity index (χ1n) is 15.2. The van der Waals surface area contributed by atoms with Crippen molar-refractivity contribution in [2.45, 2.75) is 82.9 Å². The van der Waals surface area contributed by atoms with E-state index in [9.17, 15) is 0 Å². The number of hydrogen-bond donors (Lipinski definition) is 0. The van der Waals surface area contributed by atoms with E-state index < -0.39 is 18.1 Å². The highest BCUT2D eigenvalue weighted by atomic mass is 16.7. The molecule has 0 bridgehead atoms. The molecule has 2 unspecified atom stereocenters. The molecule has 3 aliphatic heterocycles. The van der Waals surface area contributed by atoms with Crippen LogP contribution in [0.2, 0.25) is 0 Å². The van der Waals surface area contributed by atoms with E-state index in [1.165, 1.54) is 0 Å². The molecular weight excluding hydrogens is 527 g/mol. The Morgan fingerprint density at radius 2 is 1.17 bits per heavy atom. The van der Waals surface area contributed by atoms with Crippen molar-refractivity contribution >= 4 is 12.6 Å². The second-order valence-electron chi connectivity index (χ2n) is 12.1. The second kappa shape index (κ2) is 12.2. The molecule has 220 valence electrons. The lowest BCUT2D eigenvalue weighted by Gasteiger charge is -2.33. The van der Waals surface area contributed by atoms with Crippen molar-refractivity contribution in [3.8, 4) is 11.5 Å². The number of benzene rings is 3. The van der Waals surface area contributed by atoms with Gasteiger partial charge in [-0.15, -0.1) is 0 Å². The Bertz CT molecular complexity index is 1280. The van der Waals surface area contributed by atoms with Gasteiger partial charge in [-0.1, -0.05) is 55.1 Å². The Morgan fingerprint density at radius 1 is 0.714 bits per heavy atom. The Kier molecular flexibility index (Phi) is 8.35. The molecule has 3 saturated heterocycles. The van der Waals surface area contributed by atoms with Gasteiger partial charge >= 0.3 is 7.12 Å².